The first-order valence-electron chi connectivity index (χ1n) is 10.6. The molecule has 0 aliphatic carbocycles. The molecule has 0 unspecified atom stereocenters. The lowest BCUT2D eigenvalue weighted by molar-refractivity contribution is -0.125. The molecular weight excluding hydrogens is 378 g/mol. The van der Waals surface area contributed by atoms with E-state index in [1.807, 2.05) is 49.4 Å². The lowest BCUT2D eigenvalue weighted by atomic mass is 10.1. The summed E-state index contributed by atoms with van der Waals surface area (Å²) in [5.74, 6) is 0.590. The minimum atomic E-state index is -0.0799. The number of ether oxygens (including phenoxy) is 1. The van der Waals surface area contributed by atoms with E-state index < -0.39 is 0 Å². The van der Waals surface area contributed by atoms with Crippen molar-refractivity contribution in [1.29, 1.82) is 0 Å². The molecule has 1 heterocycles. The minimum absolute atomic E-state index is 0.0460. The third-order valence-corrected chi connectivity index (χ3v) is 5.12. The van der Waals surface area contributed by atoms with E-state index in [4.69, 9.17) is 4.74 Å². The lowest BCUT2D eigenvalue weighted by Crippen LogP contribution is -2.42. The van der Waals surface area contributed by atoms with Crippen LogP contribution >= 0.6 is 0 Å². The lowest BCUT2D eigenvalue weighted by Gasteiger charge is -2.33. The van der Waals surface area contributed by atoms with Gasteiger partial charge >= 0.3 is 0 Å². The third-order valence-electron chi connectivity index (χ3n) is 5.12. The van der Waals surface area contributed by atoms with E-state index in [9.17, 15) is 9.59 Å². The Morgan fingerprint density at radius 1 is 1.10 bits per heavy atom. The van der Waals surface area contributed by atoms with Crippen LogP contribution in [0.25, 0.3) is 0 Å². The average molecular weight is 410 g/mol. The van der Waals surface area contributed by atoms with Crippen molar-refractivity contribution >= 4 is 17.5 Å². The summed E-state index contributed by atoms with van der Waals surface area (Å²) in [5.41, 5.74) is 2.06. The van der Waals surface area contributed by atoms with Crippen LogP contribution in [-0.4, -0.2) is 49.5 Å². The van der Waals surface area contributed by atoms with Crippen LogP contribution in [0.15, 0.2) is 54.6 Å². The average Bonchev–Trinajstić information content (AvgIpc) is 2.75. The number of para-hydroxylation sites is 2. The van der Waals surface area contributed by atoms with Gasteiger partial charge in [-0.3, -0.25) is 9.59 Å². The number of fused-ring (bicyclic) bond motifs is 1. The fourth-order valence-corrected chi connectivity index (χ4v) is 3.62. The third kappa shape index (κ3) is 6.32. The first-order valence-corrected chi connectivity index (χ1v) is 10.6. The number of hydrogen-bond acceptors (Lipinski definition) is 4. The Hall–Kier alpha value is -2.86. The molecule has 1 atom stereocenters. The van der Waals surface area contributed by atoms with E-state index in [2.05, 4.69) is 29.4 Å². The van der Waals surface area contributed by atoms with Crippen molar-refractivity contribution in [2.75, 3.05) is 31.6 Å². The van der Waals surface area contributed by atoms with Gasteiger partial charge in [-0.1, -0.05) is 42.5 Å². The number of anilines is 1. The fourth-order valence-electron chi connectivity index (χ4n) is 3.62. The SMILES string of the molecule is C[C@H]1CN(C(=O)CCC(=O)NCCCN(C)Cc2ccccc2)c2ccccc2O1. The minimum Gasteiger partial charge on any atom is -0.487 e. The maximum atomic E-state index is 12.7. The number of rotatable bonds is 9. The van der Waals surface area contributed by atoms with E-state index in [1.165, 1.54) is 5.56 Å². The Morgan fingerprint density at radius 3 is 2.63 bits per heavy atom. The quantitative estimate of drug-likeness (QED) is 0.646. The van der Waals surface area contributed by atoms with Gasteiger partial charge < -0.3 is 19.9 Å². The highest BCUT2D eigenvalue weighted by molar-refractivity contribution is 5.97. The molecule has 2 aromatic rings. The molecule has 2 amide bonds. The molecular formula is C24H31N3O3. The van der Waals surface area contributed by atoms with Gasteiger partial charge in [0.05, 0.1) is 12.2 Å². The number of hydrogen-bond donors (Lipinski definition) is 1. The summed E-state index contributed by atoms with van der Waals surface area (Å²) in [6.45, 7) is 4.85. The van der Waals surface area contributed by atoms with Crippen LogP contribution in [0.3, 0.4) is 0 Å². The second-order valence-electron chi connectivity index (χ2n) is 7.83. The zero-order valence-corrected chi connectivity index (χ0v) is 17.8. The molecule has 2 aromatic carbocycles. The highest BCUT2D eigenvalue weighted by Gasteiger charge is 2.27. The topological polar surface area (TPSA) is 61.9 Å². The van der Waals surface area contributed by atoms with Gasteiger partial charge in [-0.25, -0.2) is 0 Å². The van der Waals surface area contributed by atoms with Gasteiger partial charge in [-0.05, 0) is 44.6 Å². The van der Waals surface area contributed by atoms with Crippen molar-refractivity contribution in [3.63, 3.8) is 0 Å². The molecule has 0 fully saturated rings. The van der Waals surface area contributed by atoms with E-state index in [-0.39, 0.29) is 30.8 Å². The van der Waals surface area contributed by atoms with Crippen LogP contribution in [0.1, 0.15) is 31.7 Å². The Morgan fingerprint density at radius 2 is 1.83 bits per heavy atom. The van der Waals surface area contributed by atoms with Gasteiger partial charge in [0.2, 0.25) is 11.8 Å². The summed E-state index contributed by atoms with van der Waals surface area (Å²) in [6, 6.07) is 17.9. The van der Waals surface area contributed by atoms with Crippen molar-refractivity contribution in [2.45, 2.75) is 38.8 Å². The fraction of sp³-hybridized carbons (Fsp3) is 0.417. The van der Waals surface area contributed by atoms with Crippen LogP contribution in [0.5, 0.6) is 5.75 Å². The highest BCUT2D eigenvalue weighted by Crippen LogP contribution is 2.33. The van der Waals surface area contributed by atoms with Crippen molar-refractivity contribution in [1.82, 2.24) is 10.2 Å². The van der Waals surface area contributed by atoms with Gasteiger partial charge in [-0.15, -0.1) is 0 Å². The molecule has 0 aromatic heterocycles. The maximum absolute atomic E-state index is 12.7. The predicted octanol–water partition coefficient (Wildman–Crippen LogP) is 3.22. The molecule has 0 saturated heterocycles. The van der Waals surface area contributed by atoms with Crippen molar-refractivity contribution in [3.05, 3.63) is 60.2 Å². The normalized spacial score (nSPS) is 15.4. The van der Waals surface area contributed by atoms with Gasteiger partial charge in [-0.2, -0.15) is 0 Å². The monoisotopic (exact) mass is 409 g/mol. The van der Waals surface area contributed by atoms with Crippen molar-refractivity contribution in [3.8, 4) is 5.75 Å². The summed E-state index contributed by atoms with van der Waals surface area (Å²) in [7, 11) is 2.08. The number of carbonyl (C=O) groups is 2. The van der Waals surface area contributed by atoms with Gasteiger partial charge in [0.15, 0.2) is 0 Å². The first kappa shape index (κ1) is 21.8. The van der Waals surface area contributed by atoms with Gasteiger partial charge in [0.25, 0.3) is 0 Å². The zero-order valence-electron chi connectivity index (χ0n) is 17.8. The smallest absolute Gasteiger partial charge is 0.227 e. The number of carbonyl (C=O) groups excluding carboxylic acids is 2. The largest absolute Gasteiger partial charge is 0.487 e. The summed E-state index contributed by atoms with van der Waals surface area (Å²) in [4.78, 5) is 28.8. The molecule has 3 rings (SSSR count). The van der Waals surface area contributed by atoms with Crippen LogP contribution in [0, 0.1) is 0 Å². The van der Waals surface area contributed by atoms with Gasteiger partial charge in [0.1, 0.15) is 11.9 Å². The van der Waals surface area contributed by atoms with Crippen LogP contribution < -0.4 is 15.0 Å². The molecule has 1 aliphatic heterocycles. The second kappa shape index (κ2) is 10.8. The summed E-state index contributed by atoms with van der Waals surface area (Å²) in [5, 5.41) is 2.93. The molecule has 0 saturated carbocycles. The molecule has 6 nitrogen and oxygen atoms in total. The van der Waals surface area contributed by atoms with E-state index in [1.54, 1.807) is 4.90 Å². The van der Waals surface area contributed by atoms with Crippen molar-refractivity contribution in [2.24, 2.45) is 0 Å². The Balaban J connectivity index is 1.35. The number of nitrogens with one attached hydrogen (secondary N) is 1. The Labute approximate surface area is 178 Å². The molecule has 1 N–H and O–H groups in total. The molecule has 160 valence electrons. The van der Waals surface area contributed by atoms with E-state index in [0.29, 0.717) is 18.8 Å². The summed E-state index contributed by atoms with van der Waals surface area (Å²) >= 11 is 0. The van der Waals surface area contributed by atoms with Crippen LogP contribution in [-0.2, 0) is 16.1 Å². The molecule has 0 spiro atoms. The van der Waals surface area contributed by atoms with Crippen molar-refractivity contribution < 1.29 is 14.3 Å². The van der Waals surface area contributed by atoms with Gasteiger partial charge in [0, 0.05) is 25.9 Å². The molecule has 6 heteroatoms. The summed E-state index contributed by atoms with van der Waals surface area (Å²) < 4.78 is 5.78. The zero-order chi connectivity index (χ0) is 21.3. The van der Waals surface area contributed by atoms with Crippen LogP contribution in [0.4, 0.5) is 5.69 Å². The maximum Gasteiger partial charge on any atom is 0.227 e. The standard InChI is InChI=1S/C24H31N3O3/c1-19-17-27(21-11-6-7-12-22(21)30-19)24(29)14-13-23(28)25-15-8-16-26(2)18-20-9-4-3-5-10-20/h3-7,9-12,19H,8,13-18H2,1-2H3,(H,25,28)/t19-/m0/s1. The number of nitrogens with zero attached hydrogens (tertiary/aromatic N) is 2. The van der Waals surface area contributed by atoms with E-state index >= 15 is 0 Å². The highest BCUT2D eigenvalue weighted by atomic mass is 16.5. The number of amides is 2. The Bertz CT molecular complexity index is 841. The molecule has 30 heavy (non-hydrogen) atoms. The molecule has 1 aliphatic rings. The van der Waals surface area contributed by atoms with Crippen LogP contribution in [0.2, 0.25) is 0 Å². The predicted molar refractivity (Wildman–Crippen MR) is 119 cm³/mol. The molecule has 0 bridgehead atoms. The molecule has 0 radical (unpaired) electrons. The van der Waals surface area contributed by atoms with E-state index in [0.717, 1.165) is 25.2 Å². The number of benzene rings is 2. The first-order chi connectivity index (χ1) is 14.5. The Kier molecular flexibility index (Phi) is 7.85. The second-order valence-corrected chi connectivity index (χ2v) is 7.83. The summed E-state index contributed by atoms with van der Waals surface area (Å²) in [6.07, 6.45) is 1.20.